The third-order valence-corrected chi connectivity index (χ3v) is 0.779. The molecule has 0 radical (unpaired) electrons. The number of hydrogen-bond donors (Lipinski definition) is 2. The smallest absolute Gasteiger partial charge is 0.406 e. The summed E-state index contributed by atoms with van der Waals surface area (Å²) in [6.45, 7) is 0. The number of methoxy groups -OCH3 is 2. The second-order valence-corrected chi connectivity index (χ2v) is 1.48. The minimum atomic E-state index is -0.407. The molecule has 0 aromatic heterocycles. The van der Waals surface area contributed by atoms with Gasteiger partial charge in [0, 0.05) is 14.1 Å². The number of carbonyl (C=O) groups excluding carboxylic acids is 2. The largest absolute Gasteiger partial charge is 0.453 e. The van der Waals surface area contributed by atoms with Crippen LogP contribution < -0.4 is 10.6 Å². The Balaban J connectivity index is 0. The number of carbonyl (C=O) groups is 2. The van der Waals surface area contributed by atoms with E-state index in [1.54, 1.807) is 0 Å². The average Bonchev–Trinajstić information content (AvgIpc) is 2.16. The quantitative estimate of drug-likeness (QED) is 0.545. The standard InChI is InChI=1S/2C3H7NO2/c2*1-4-3(5)6-2/h2*1-2H3,(H,4,5). The van der Waals surface area contributed by atoms with Crippen molar-refractivity contribution in [3.8, 4) is 0 Å². The Bertz CT molecular complexity index is 110. The third-order valence-electron chi connectivity index (χ3n) is 0.779. The van der Waals surface area contributed by atoms with Gasteiger partial charge < -0.3 is 20.1 Å². The first-order chi connectivity index (χ1) is 5.62. The molecule has 6 heteroatoms. The van der Waals surface area contributed by atoms with E-state index in [0.29, 0.717) is 0 Å². The minimum Gasteiger partial charge on any atom is -0.453 e. The van der Waals surface area contributed by atoms with E-state index >= 15 is 0 Å². The predicted octanol–water partition coefficient (Wildman–Crippen LogP) is -0.0556. The summed E-state index contributed by atoms with van der Waals surface area (Å²) < 4.78 is 8.30. The summed E-state index contributed by atoms with van der Waals surface area (Å²) in [6.07, 6.45) is -0.815. The van der Waals surface area contributed by atoms with Gasteiger partial charge in [0.25, 0.3) is 0 Å². The summed E-state index contributed by atoms with van der Waals surface area (Å²) in [5.74, 6) is 0. The van der Waals surface area contributed by atoms with Gasteiger partial charge in [0.1, 0.15) is 0 Å². The summed E-state index contributed by atoms with van der Waals surface area (Å²) in [6, 6.07) is 0. The molecule has 0 spiro atoms. The molecule has 0 atom stereocenters. The van der Waals surface area contributed by atoms with E-state index in [2.05, 4.69) is 20.1 Å². The van der Waals surface area contributed by atoms with Crippen LogP contribution in [-0.2, 0) is 9.47 Å². The monoisotopic (exact) mass is 178 g/mol. The molecule has 0 bridgehead atoms. The Morgan fingerprint density at radius 3 is 1.17 bits per heavy atom. The Morgan fingerprint density at radius 2 is 1.17 bits per heavy atom. The molecule has 0 unspecified atom stereocenters. The topological polar surface area (TPSA) is 76.7 Å². The van der Waals surface area contributed by atoms with Gasteiger partial charge in [0.2, 0.25) is 0 Å². The number of alkyl carbamates (subject to hydrolysis) is 2. The number of hydrogen-bond acceptors (Lipinski definition) is 4. The van der Waals surface area contributed by atoms with Gasteiger partial charge in [-0.15, -0.1) is 0 Å². The molecular weight excluding hydrogens is 164 g/mol. The lowest BCUT2D eigenvalue weighted by molar-refractivity contribution is 0.172. The van der Waals surface area contributed by atoms with E-state index in [-0.39, 0.29) is 0 Å². The van der Waals surface area contributed by atoms with E-state index in [4.69, 9.17) is 0 Å². The maximum atomic E-state index is 9.85. The fourth-order valence-corrected chi connectivity index (χ4v) is 0.204. The second kappa shape index (κ2) is 9.54. The fourth-order valence-electron chi connectivity index (χ4n) is 0.204. The predicted molar refractivity (Wildman–Crippen MR) is 42.9 cm³/mol. The van der Waals surface area contributed by atoms with E-state index in [9.17, 15) is 9.59 Å². The summed E-state index contributed by atoms with van der Waals surface area (Å²) in [5, 5.41) is 4.51. The van der Waals surface area contributed by atoms with E-state index in [1.165, 1.54) is 28.3 Å². The third kappa shape index (κ3) is 11.4. The van der Waals surface area contributed by atoms with E-state index in [0.717, 1.165) is 0 Å². The van der Waals surface area contributed by atoms with Crippen LogP contribution in [0.3, 0.4) is 0 Å². The van der Waals surface area contributed by atoms with Crippen molar-refractivity contribution in [2.24, 2.45) is 0 Å². The minimum absolute atomic E-state index is 0.407. The molecule has 12 heavy (non-hydrogen) atoms. The first-order valence-electron chi connectivity index (χ1n) is 3.13. The molecule has 0 aliphatic rings. The zero-order chi connectivity index (χ0) is 9.98. The molecule has 0 aliphatic carbocycles. The van der Waals surface area contributed by atoms with Crippen LogP contribution in [0.4, 0.5) is 9.59 Å². The maximum Gasteiger partial charge on any atom is 0.406 e. The van der Waals surface area contributed by atoms with Crippen LogP contribution in [0.1, 0.15) is 0 Å². The summed E-state index contributed by atoms with van der Waals surface area (Å²) in [7, 11) is 5.65. The highest BCUT2D eigenvalue weighted by Gasteiger charge is 1.85. The molecule has 0 aliphatic heterocycles. The van der Waals surface area contributed by atoms with Crippen molar-refractivity contribution in [2.45, 2.75) is 0 Å². The Morgan fingerprint density at radius 1 is 0.917 bits per heavy atom. The van der Waals surface area contributed by atoms with Gasteiger partial charge >= 0.3 is 12.2 Å². The molecule has 72 valence electrons. The molecule has 0 aromatic carbocycles. The van der Waals surface area contributed by atoms with Crippen LogP contribution in [0, 0.1) is 0 Å². The zero-order valence-electron chi connectivity index (χ0n) is 7.63. The first-order valence-corrected chi connectivity index (χ1v) is 3.13. The lowest BCUT2D eigenvalue weighted by Crippen LogP contribution is -2.16. The van der Waals surface area contributed by atoms with Gasteiger partial charge in [0.05, 0.1) is 14.2 Å². The highest BCUT2D eigenvalue weighted by Crippen LogP contribution is 1.62. The molecule has 6 nitrogen and oxygen atoms in total. The summed E-state index contributed by atoms with van der Waals surface area (Å²) >= 11 is 0. The van der Waals surface area contributed by atoms with Crippen molar-refractivity contribution >= 4 is 12.2 Å². The van der Waals surface area contributed by atoms with Crippen molar-refractivity contribution in [1.29, 1.82) is 0 Å². The number of amides is 2. The molecule has 0 heterocycles. The summed E-state index contributed by atoms with van der Waals surface area (Å²) in [5.41, 5.74) is 0. The number of nitrogens with one attached hydrogen (secondary N) is 2. The normalized spacial score (nSPS) is 7.00. The average molecular weight is 178 g/mol. The van der Waals surface area contributed by atoms with Gasteiger partial charge in [-0.25, -0.2) is 9.59 Å². The van der Waals surface area contributed by atoms with Crippen LogP contribution in [0.2, 0.25) is 0 Å². The van der Waals surface area contributed by atoms with E-state index < -0.39 is 12.2 Å². The van der Waals surface area contributed by atoms with Crippen molar-refractivity contribution in [3.63, 3.8) is 0 Å². The molecule has 0 rings (SSSR count). The molecule has 2 N–H and O–H groups in total. The Hall–Kier alpha value is -1.46. The SMILES string of the molecule is CNC(=O)OC.CNC(=O)OC. The van der Waals surface area contributed by atoms with Crippen LogP contribution in [-0.4, -0.2) is 40.5 Å². The Labute approximate surface area is 71.2 Å². The first kappa shape index (κ1) is 13.2. The summed E-state index contributed by atoms with van der Waals surface area (Å²) in [4.78, 5) is 19.7. The Kier molecular flexibility index (Phi) is 10.5. The lowest BCUT2D eigenvalue weighted by atomic mass is 11.1. The van der Waals surface area contributed by atoms with Gasteiger partial charge in [-0.05, 0) is 0 Å². The van der Waals surface area contributed by atoms with Gasteiger partial charge in [-0.1, -0.05) is 0 Å². The van der Waals surface area contributed by atoms with Crippen LogP contribution in [0.25, 0.3) is 0 Å². The molecule has 0 saturated carbocycles. The second-order valence-electron chi connectivity index (χ2n) is 1.48. The lowest BCUT2D eigenvalue weighted by Gasteiger charge is -1.90. The molecule has 0 aromatic rings. The number of ether oxygens (including phenoxy) is 2. The number of rotatable bonds is 0. The molecule has 0 saturated heterocycles. The van der Waals surface area contributed by atoms with Gasteiger partial charge in [-0.2, -0.15) is 0 Å². The molecule has 2 amide bonds. The van der Waals surface area contributed by atoms with Crippen molar-refractivity contribution < 1.29 is 19.1 Å². The van der Waals surface area contributed by atoms with Crippen molar-refractivity contribution in [3.05, 3.63) is 0 Å². The maximum absolute atomic E-state index is 9.85. The molecule has 0 fully saturated rings. The van der Waals surface area contributed by atoms with Gasteiger partial charge in [-0.3, -0.25) is 0 Å². The fraction of sp³-hybridized carbons (Fsp3) is 0.667. The van der Waals surface area contributed by atoms with E-state index in [1.807, 2.05) is 0 Å². The zero-order valence-corrected chi connectivity index (χ0v) is 7.63. The van der Waals surface area contributed by atoms with Crippen molar-refractivity contribution in [1.82, 2.24) is 10.6 Å². The molecular formula is C6H14N2O4. The van der Waals surface area contributed by atoms with Crippen molar-refractivity contribution in [2.75, 3.05) is 28.3 Å². The van der Waals surface area contributed by atoms with Crippen LogP contribution >= 0.6 is 0 Å². The van der Waals surface area contributed by atoms with Crippen LogP contribution in [0.15, 0.2) is 0 Å². The highest BCUT2D eigenvalue weighted by atomic mass is 16.5. The van der Waals surface area contributed by atoms with Crippen LogP contribution in [0.5, 0.6) is 0 Å². The van der Waals surface area contributed by atoms with Gasteiger partial charge in [0.15, 0.2) is 0 Å². The highest BCUT2D eigenvalue weighted by molar-refractivity contribution is 5.66.